The van der Waals surface area contributed by atoms with E-state index < -0.39 is 6.61 Å². The number of likely N-dealkylation sites (tertiary alicyclic amines) is 1. The minimum absolute atomic E-state index is 0.0499. The lowest BCUT2D eigenvalue weighted by molar-refractivity contribution is -0.133. The number of amides is 2. The van der Waals surface area contributed by atoms with Gasteiger partial charge in [0.05, 0.1) is 6.42 Å². The van der Waals surface area contributed by atoms with Crippen LogP contribution in [0.15, 0.2) is 48.7 Å². The van der Waals surface area contributed by atoms with E-state index in [0.29, 0.717) is 31.7 Å². The SMILES string of the molecule is O=C(Nc1ccccn1)C1CCN(C(=O)Cc2ccc(OC(F)F)cc2)CC1. The van der Waals surface area contributed by atoms with E-state index in [0.717, 1.165) is 5.56 Å². The van der Waals surface area contributed by atoms with Gasteiger partial charge in [-0.05, 0) is 42.7 Å². The van der Waals surface area contributed by atoms with Crippen molar-refractivity contribution in [3.05, 3.63) is 54.2 Å². The molecule has 3 rings (SSSR count). The third kappa shape index (κ3) is 5.48. The molecule has 1 aliphatic heterocycles. The number of hydrogen-bond donors (Lipinski definition) is 1. The first-order valence-electron chi connectivity index (χ1n) is 9.04. The summed E-state index contributed by atoms with van der Waals surface area (Å²) in [7, 11) is 0. The fourth-order valence-electron chi connectivity index (χ4n) is 3.13. The molecule has 2 amide bonds. The Morgan fingerprint density at radius 3 is 2.46 bits per heavy atom. The molecule has 0 atom stereocenters. The number of pyridine rings is 1. The van der Waals surface area contributed by atoms with Crippen LogP contribution in [0.2, 0.25) is 0 Å². The summed E-state index contributed by atoms with van der Waals surface area (Å²) in [6, 6.07) is 11.3. The average molecular weight is 389 g/mol. The number of piperidine rings is 1. The predicted molar refractivity (Wildman–Crippen MR) is 98.9 cm³/mol. The van der Waals surface area contributed by atoms with Crippen LogP contribution >= 0.6 is 0 Å². The van der Waals surface area contributed by atoms with Crippen molar-refractivity contribution in [2.75, 3.05) is 18.4 Å². The second-order valence-corrected chi connectivity index (χ2v) is 6.56. The second-order valence-electron chi connectivity index (χ2n) is 6.56. The number of ether oxygens (including phenoxy) is 1. The minimum atomic E-state index is -2.87. The molecule has 0 bridgehead atoms. The molecule has 1 fully saturated rings. The number of nitrogens with one attached hydrogen (secondary N) is 1. The van der Waals surface area contributed by atoms with Crippen molar-refractivity contribution in [1.82, 2.24) is 9.88 Å². The van der Waals surface area contributed by atoms with E-state index in [9.17, 15) is 18.4 Å². The van der Waals surface area contributed by atoms with E-state index in [1.807, 2.05) is 0 Å². The molecule has 0 saturated carbocycles. The molecule has 28 heavy (non-hydrogen) atoms. The van der Waals surface area contributed by atoms with Crippen LogP contribution in [-0.2, 0) is 16.0 Å². The fourth-order valence-corrected chi connectivity index (χ4v) is 3.13. The van der Waals surface area contributed by atoms with Gasteiger partial charge in [-0.1, -0.05) is 18.2 Å². The summed E-state index contributed by atoms with van der Waals surface area (Å²) in [5, 5.41) is 2.80. The van der Waals surface area contributed by atoms with Crippen LogP contribution in [0.1, 0.15) is 18.4 Å². The Hall–Kier alpha value is -3.03. The van der Waals surface area contributed by atoms with Crippen molar-refractivity contribution in [3.63, 3.8) is 0 Å². The van der Waals surface area contributed by atoms with Gasteiger partial charge in [0.25, 0.3) is 0 Å². The maximum Gasteiger partial charge on any atom is 0.387 e. The third-order valence-corrected chi connectivity index (χ3v) is 4.64. The highest BCUT2D eigenvalue weighted by Gasteiger charge is 2.27. The number of carbonyl (C=O) groups excluding carboxylic acids is 2. The molecular formula is C20H21F2N3O3. The van der Waals surface area contributed by atoms with Crippen molar-refractivity contribution in [3.8, 4) is 5.75 Å². The topological polar surface area (TPSA) is 71.5 Å². The number of carbonyl (C=O) groups is 2. The summed E-state index contributed by atoms with van der Waals surface area (Å²) >= 11 is 0. The van der Waals surface area contributed by atoms with Crippen molar-refractivity contribution < 1.29 is 23.1 Å². The van der Waals surface area contributed by atoms with Gasteiger partial charge in [0.15, 0.2) is 0 Å². The first kappa shape index (κ1) is 19.7. The molecule has 1 saturated heterocycles. The quantitative estimate of drug-likeness (QED) is 0.824. The Bertz CT molecular complexity index is 792. The molecule has 148 valence electrons. The lowest BCUT2D eigenvalue weighted by Gasteiger charge is -2.31. The number of anilines is 1. The molecule has 1 aliphatic rings. The number of benzene rings is 1. The van der Waals surface area contributed by atoms with Crippen LogP contribution in [0, 0.1) is 5.92 Å². The Morgan fingerprint density at radius 1 is 1.14 bits per heavy atom. The zero-order valence-electron chi connectivity index (χ0n) is 15.2. The van der Waals surface area contributed by atoms with E-state index in [4.69, 9.17) is 0 Å². The lowest BCUT2D eigenvalue weighted by atomic mass is 9.95. The molecule has 0 unspecified atom stereocenters. The molecule has 1 aromatic heterocycles. The Labute approximate surface area is 161 Å². The molecule has 1 aromatic carbocycles. The molecule has 8 heteroatoms. The van der Waals surface area contributed by atoms with E-state index in [-0.39, 0.29) is 29.9 Å². The van der Waals surface area contributed by atoms with Gasteiger partial charge in [0.2, 0.25) is 11.8 Å². The summed E-state index contributed by atoms with van der Waals surface area (Å²) in [6.45, 7) is -1.86. The average Bonchev–Trinajstić information content (AvgIpc) is 2.70. The highest BCUT2D eigenvalue weighted by Crippen LogP contribution is 2.21. The van der Waals surface area contributed by atoms with E-state index in [2.05, 4.69) is 15.0 Å². The summed E-state index contributed by atoms with van der Waals surface area (Å²) < 4.78 is 28.6. The molecule has 2 aromatic rings. The maximum absolute atomic E-state index is 12.5. The molecule has 6 nitrogen and oxygen atoms in total. The van der Waals surface area contributed by atoms with Gasteiger partial charge in [-0.25, -0.2) is 4.98 Å². The van der Waals surface area contributed by atoms with Gasteiger partial charge >= 0.3 is 6.61 Å². The molecule has 2 heterocycles. The number of halogens is 2. The van der Waals surface area contributed by atoms with E-state index in [1.54, 1.807) is 41.4 Å². The number of nitrogens with zero attached hydrogens (tertiary/aromatic N) is 2. The van der Waals surface area contributed by atoms with E-state index >= 15 is 0 Å². The van der Waals surface area contributed by atoms with Gasteiger partial charge in [0, 0.05) is 25.2 Å². The molecule has 0 spiro atoms. The Kier molecular flexibility index (Phi) is 6.52. The largest absolute Gasteiger partial charge is 0.435 e. The number of rotatable bonds is 6. The molecular weight excluding hydrogens is 368 g/mol. The third-order valence-electron chi connectivity index (χ3n) is 4.64. The second kappa shape index (κ2) is 9.25. The van der Waals surface area contributed by atoms with Crippen molar-refractivity contribution >= 4 is 17.6 Å². The number of hydrogen-bond acceptors (Lipinski definition) is 4. The Morgan fingerprint density at radius 2 is 1.86 bits per heavy atom. The van der Waals surface area contributed by atoms with Crippen LogP contribution in [-0.4, -0.2) is 41.4 Å². The predicted octanol–water partition coefficient (Wildman–Crippen LogP) is 3.10. The first-order chi connectivity index (χ1) is 13.5. The molecule has 1 N–H and O–H groups in total. The van der Waals surface area contributed by atoms with Gasteiger partial charge in [-0.2, -0.15) is 8.78 Å². The lowest BCUT2D eigenvalue weighted by Crippen LogP contribution is -2.42. The summed E-state index contributed by atoms with van der Waals surface area (Å²) in [4.78, 5) is 30.6. The number of aromatic nitrogens is 1. The highest BCUT2D eigenvalue weighted by molar-refractivity contribution is 5.91. The van der Waals surface area contributed by atoms with Gasteiger partial charge in [-0.3, -0.25) is 9.59 Å². The van der Waals surface area contributed by atoms with Crippen molar-refractivity contribution in [1.29, 1.82) is 0 Å². The molecule has 0 radical (unpaired) electrons. The summed E-state index contributed by atoms with van der Waals surface area (Å²) in [5.41, 5.74) is 0.724. The van der Waals surface area contributed by atoms with Crippen LogP contribution < -0.4 is 10.1 Å². The normalized spacial score (nSPS) is 14.8. The van der Waals surface area contributed by atoms with Crippen LogP contribution in [0.25, 0.3) is 0 Å². The van der Waals surface area contributed by atoms with Gasteiger partial charge in [0.1, 0.15) is 11.6 Å². The van der Waals surface area contributed by atoms with Crippen LogP contribution in [0.4, 0.5) is 14.6 Å². The molecule has 0 aliphatic carbocycles. The monoisotopic (exact) mass is 389 g/mol. The summed E-state index contributed by atoms with van der Waals surface area (Å²) in [5.74, 6) is 0.291. The van der Waals surface area contributed by atoms with Crippen molar-refractivity contribution in [2.45, 2.75) is 25.9 Å². The zero-order valence-corrected chi connectivity index (χ0v) is 15.2. The first-order valence-corrected chi connectivity index (χ1v) is 9.04. The van der Waals surface area contributed by atoms with Crippen LogP contribution in [0.5, 0.6) is 5.75 Å². The Balaban J connectivity index is 1.46. The fraction of sp³-hybridized carbons (Fsp3) is 0.350. The standard InChI is InChI=1S/C20H21F2N3O3/c21-20(22)28-16-6-4-14(5-7-16)13-18(26)25-11-8-15(9-12-25)19(27)24-17-3-1-2-10-23-17/h1-7,10,15,20H,8-9,11-13H2,(H,23,24,27). The van der Waals surface area contributed by atoms with Crippen molar-refractivity contribution in [2.24, 2.45) is 5.92 Å². The zero-order chi connectivity index (χ0) is 19.9. The highest BCUT2D eigenvalue weighted by atomic mass is 19.3. The van der Waals surface area contributed by atoms with E-state index in [1.165, 1.54) is 12.1 Å². The summed E-state index contributed by atoms with van der Waals surface area (Å²) in [6.07, 6.45) is 2.97. The van der Waals surface area contributed by atoms with Crippen LogP contribution in [0.3, 0.4) is 0 Å². The van der Waals surface area contributed by atoms with Gasteiger partial charge < -0.3 is 15.0 Å². The smallest absolute Gasteiger partial charge is 0.387 e. The number of alkyl halides is 2. The maximum atomic E-state index is 12.5. The van der Waals surface area contributed by atoms with Gasteiger partial charge in [-0.15, -0.1) is 0 Å². The minimum Gasteiger partial charge on any atom is -0.435 e.